The first-order chi connectivity index (χ1) is 13.8. The Bertz CT molecular complexity index is 771. The lowest BCUT2D eigenvalue weighted by Gasteiger charge is -2.28. The fourth-order valence-electron chi connectivity index (χ4n) is 4.43. The summed E-state index contributed by atoms with van der Waals surface area (Å²) >= 11 is 0. The smallest absolute Gasteiger partial charge is 0.253 e. The van der Waals surface area contributed by atoms with Crippen molar-refractivity contribution in [3.05, 3.63) is 29.8 Å². The summed E-state index contributed by atoms with van der Waals surface area (Å²) in [7, 11) is -3.54. The van der Waals surface area contributed by atoms with Gasteiger partial charge in [0.2, 0.25) is 10.0 Å². The van der Waals surface area contributed by atoms with Crippen LogP contribution in [0, 0.1) is 5.92 Å². The van der Waals surface area contributed by atoms with E-state index in [2.05, 4.69) is 9.62 Å². The molecule has 0 aromatic heterocycles. The highest BCUT2D eigenvalue weighted by molar-refractivity contribution is 7.89. The summed E-state index contributed by atoms with van der Waals surface area (Å²) < 4.78 is 27.1. The normalized spacial score (nSPS) is 20.0. The van der Waals surface area contributed by atoms with Gasteiger partial charge in [0.25, 0.3) is 5.91 Å². The van der Waals surface area contributed by atoms with Gasteiger partial charge in [0.15, 0.2) is 0 Å². The molecule has 1 heterocycles. The fourth-order valence-corrected chi connectivity index (χ4v) is 5.68. The van der Waals surface area contributed by atoms with E-state index in [1.54, 1.807) is 26.0 Å². The van der Waals surface area contributed by atoms with Gasteiger partial charge in [-0.3, -0.25) is 4.79 Å². The Balaban J connectivity index is 1.57. The van der Waals surface area contributed by atoms with E-state index in [-0.39, 0.29) is 16.8 Å². The number of nitrogens with zero attached hydrogens (tertiary/aromatic N) is 2. The van der Waals surface area contributed by atoms with Crippen molar-refractivity contribution >= 4 is 15.9 Å². The Kier molecular flexibility index (Phi) is 7.71. The van der Waals surface area contributed by atoms with Gasteiger partial charge in [-0.05, 0) is 69.8 Å². The fraction of sp³-hybridized carbons (Fsp3) is 0.682. The van der Waals surface area contributed by atoms with Gasteiger partial charge in [0.05, 0.1) is 4.90 Å². The Hall–Kier alpha value is -1.44. The highest BCUT2D eigenvalue weighted by Gasteiger charge is 2.23. The van der Waals surface area contributed by atoms with E-state index in [1.165, 1.54) is 44.2 Å². The van der Waals surface area contributed by atoms with Crippen LogP contribution in [-0.2, 0) is 10.0 Å². The summed E-state index contributed by atoms with van der Waals surface area (Å²) in [6, 6.07) is 6.12. The van der Waals surface area contributed by atoms with E-state index in [4.69, 9.17) is 0 Å². The second-order valence-electron chi connectivity index (χ2n) is 8.75. The zero-order valence-electron chi connectivity index (χ0n) is 17.8. The molecule has 0 atom stereocenters. The third kappa shape index (κ3) is 6.27. The van der Waals surface area contributed by atoms with Crippen molar-refractivity contribution in [1.29, 1.82) is 0 Å². The van der Waals surface area contributed by atoms with Gasteiger partial charge < -0.3 is 9.80 Å². The molecule has 162 valence electrons. The molecule has 1 aliphatic heterocycles. The number of sulfonamides is 1. The van der Waals surface area contributed by atoms with Crippen LogP contribution < -0.4 is 4.72 Å². The van der Waals surface area contributed by atoms with E-state index in [0.29, 0.717) is 5.56 Å². The molecule has 3 rings (SSSR count). The lowest BCUT2D eigenvalue weighted by Crippen LogP contribution is -2.37. The van der Waals surface area contributed by atoms with Crippen molar-refractivity contribution in [3.8, 4) is 0 Å². The van der Waals surface area contributed by atoms with Gasteiger partial charge in [0.1, 0.15) is 0 Å². The quantitative estimate of drug-likeness (QED) is 0.766. The molecule has 1 N–H and O–H groups in total. The van der Waals surface area contributed by atoms with Crippen LogP contribution in [-0.4, -0.2) is 62.9 Å². The van der Waals surface area contributed by atoms with Crippen LogP contribution in [0.15, 0.2) is 29.2 Å². The predicted molar refractivity (Wildman–Crippen MR) is 115 cm³/mol. The SMILES string of the molecule is CC(C)NS(=O)(=O)c1ccc(C(=O)N2CCCN(CC3CCCCC3)CC2)cc1. The minimum Gasteiger partial charge on any atom is -0.337 e. The molecule has 0 spiro atoms. The van der Waals surface area contributed by atoms with E-state index in [0.717, 1.165) is 45.1 Å². The van der Waals surface area contributed by atoms with E-state index in [1.807, 2.05) is 4.90 Å². The second-order valence-corrected chi connectivity index (χ2v) is 10.5. The molecule has 1 aliphatic carbocycles. The summed E-state index contributed by atoms with van der Waals surface area (Å²) in [6.45, 7) is 8.21. The maximum absolute atomic E-state index is 12.9. The Morgan fingerprint density at radius 2 is 1.69 bits per heavy atom. The first-order valence-corrected chi connectivity index (χ1v) is 12.5. The molecule has 1 saturated carbocycles. The molecule has 1 aromatic rings. The minimum absolute atomic E-state index is 0.00900. The average Bonchev–Trinajstić information content (AvgIpc) is 2.93. The van der Waals surface area contributed by atoms with Crippen molar-refractivity contribution in [3.63, 3.8) is 0 Å². The number of hydrogen-bond acceptors (Lipinski definition) is 4. The Morgan fingerprint density at radius 1 is 1.00 bits per heavy atom. The lowest BCUT2D eigenvalue weighted by atomic mass is 9.89. The number of rotatable bonds is 6. The third-order valence-electron chi connectivity index (χ3n) is 5.92. The zero-order valence-corrected chi connectivity index (χ0v) is 18.6. The van der Waals surface area contributed by atoms with Crippen LogP contribution in [0.25, 0.3) is 0 Å². The molecular weight excluding hydrogens is 386 g/mol. The van der Waals surface area contributed by atoms with Crippen molar-refractivity contribution < 1.29 is 13.2 Å². The Morgan fingerprint density at radius 3 is 2.34 bits per heavy atom. The summed E-state index contributed by atoms with van der Waals surface area (Å²) in [5, 5.41) is 0. The molecule has 0 bridgehead atoms. The van der Waals surface area contributed by atoms with Crippen LogP contribution in [0.2, 0.25) is 0 Å². The second kappa shape index (κ2) is 10.0. The van der Waals surface area contributed by atoms with Crippen molar-refractivity contribution in [2.75, 3.05) is 32.7 Å². The highest BCUT2D eigenvalue weighted by Crippen LogP contribution is 2.25. The van der Waals surface area contributed by atoms with Crippen LogP contribution in [0.1, 0.15) is 62.7 Å². The number of nitrogens with one attached hydrogen (secondary N) is 1. The summed E-state index contributed by atoms with van der Waals surface area (Å²) in [6.07, 6.45) is 7.79. The zero-order chi connectivity index (χ0) is 20.9. The van der Waals surface area contributed by atoms with Crippen LogP contribution >= 0.6 is 0 Å². The van der Waals surface area contributed by atoms with Crippen molar-refractivity contribution in [2.45, 2.75) is 63.3 Å². The molecule has 0 radical (unpaired) electrons. The largest absolute Gasteiger partial charge is 0.337 e. The Labute approximate surface area is 175 Å². The lowest BCUT2D eigenvalue weighted by molar-refractivity contribution is 0.0760. The number of carbonyl (C=O) groups is 1. The summed E-state index contributed by atoms with van der Waals surface area (Å²) in [4.78, 5) is 17.6. The average molecular weight is 422 g/mol. The molecule has 2 aliphatic rings. The minimum atomic E-state index is -3.54. The van der Waals surface area contributed by atoms with Gasteiger partial charge in [-0.1, -0.05) is 19.3 Å². The predicted octanol–water partition coefficient (Wildman–Crippen LogP) is 3.10. The van der Waals surface area contributed by atoms with Gasteiger partial charge in [0, 0.05) is 37.8 Å². The van der Waals surface area contributed by atoms with E-state index < -0.39 is 10.0 Å². The number of hydrogen-bond donors (Lipinski definition) is 1. The first-order valence-electron chi connectivity index (χ1n) is 11.0. The molecule has 7 heteroatoms. The van der Waals surface area contributed by atoms with Crippen LogP contribution in [0.3, 0.4) is 0 Å². The summed E-state index contributed by atoms with van der Waals surface area (Å²) in [5.74, 6) is 0.810. The van der Waals surface area contributed by atoms with Gasteiger partial charge >= 0.3 is 0 Å². The third-order valence-corrected chi connectivity index (χ3v) is 7.59. The molecule has 1 aromatic carbocycles. The monoisotopic (exact) mass is 421 g/mol. The topological polar surface area (TPSA) is 69.7 Å². The van der Waals surface area contributed by atoms with Gasteiger partial charge in [-0.2, -0.15) is 0 Å². The van der Waals surface area contributed by atoms with Crippen molar-refractivity contribution in [1.82, 2.24) is 14.5 Å². The summed E-state index contributed by atoms with van der Waals surface area (Å²) in [5.41, 5.74) is 0.550. The molecule has 2 fully saturated rings. The van der Waals surface area contributed by atoms with Gasteiger partial charge in [-0.25, -0.2) is 13.1 Å². The standard InChI is InChI=1S/C22H35N3O3S/c1-18(2)23-29(27,28)21-11-9-20(10-12-21)22(26)25-14-6-13-24(15-16-25)17-19-7-4-3-5-8-19/h9-12,18-19,23H,3-8,13-17H2,1-2H3. The number of benzene rings is 1. The molecule has 1 amide bonds. The number of carbonyl (C=O) groups excluding carboxylic acids is 1. The van der Waals surface area contributed by atoms with Crippen LogP contribution in [0.4, 0.5) is 0 Å². The highest BCUT2D eigenvalue weighted by atomic mass is 32.2. The van der Waals surface area contributed by atoms with Gasteiger partial charge in [-0.15, -0.1) is 0 Å². The molecule has 6 nitrogen and oxygen atoms in total. The molecule has 29 heavy (non-hydrogen) atoms. The number of amides is 1. The van der Waals surface area contributed by atoms with E-state index in [9.17, 15) is 13.2 Å². The molecular formula is C22H35N3O3S. The maximum Gasteiger partial charge on any atom is 0.253 e. The van der Waals surface area contributed by atoms with Crippen molar-refractivity contribution in [2.24, 2.45) is 5.92 Å². The molecule has 1 saturated heterocycles. The van der Waals surface area contributed by atoms with Crippen LogP contribution in [0.5, 0.6) is 0 Å². The molecule has 0 unspecified atom stereocenters. The first kappa shape index (κ1) is 22.2. The van der Waals surface area contributed by atoms with E-state index >= 15 is 0 Å². The maximum atomic E-state index is 12.9.